The van der Waals surface area contributed by atoms with Crippen molar-refractivity contribution in [3.63, 3.8) is 0 Å². The molecule has 2 heterocycles. The van der Waals surface area contributed by atoms with Gasteiger partial charge in [-0.15, -0.1) is 0 Å². The van der Waals surface area contributed by atoms with Gasteiger partial charge < -0.3 is 14.5 Å². The van der Waals surface area contributed by atoms with Crippen LogP contribution in [-0.2, 0) is 13.2 Å². The lowest BCUT2D eigenvalue weighted by molar-refractivity contribution is 0.0992. The summed E-state index contributed by atoms with van der Waals surface area (Å²) in [5, 5.41) is 6.67. The fourth-order valence-electron chi connectivity index (χ4n) is 3.43. The van der Waals surface area contributed by atoms with Gasteiger partial charge in [0.05, 0.1) is 33.7 Å². The summed E-state index contributed by atoms with van der Waals surface area (Å²) in [6.45, 7) is 2.30. The Morgan fingerprint density at radius 1 is 1.00 bits per heavy atom. The highest BCUT2D eigenvalue weighted by Gasteiger charge is 2.27. The summed E-state index contributed by atoms with van der Waals surface area (Å²) in [5.74, 6) is -9.92. The van der Waals surface area contributed by atoms with Gasteiger partial charge in [0, 0.05) is 0 Å². The number of nitrogens with one attached hydrogen (secondary N) is 1. The summed E-state index contributed by atoms with van der Waals surface area (Å²) >= 11 is 3.37. The molecular weight excluding hydrogens is 553 g/mol. The zero-order valence-electron chi connectivity index (χ0n) is 18.8. The molecule has 0 aliphatic rings. The van der Waals surface area contributed by atoms with Crippen LogP contribution in [0.4, 0.5) is 27.6 Å². The van der Waals surface area contributed by atoms with Gasteiger partial charge in [-0.1, -0.05) is 12.1 Å². The van der Waals surface area contributed by atoms with Gasteiger partial charge in [-0.25, -0.2) is 22.0 Å². The maximum absolute atomic E-state index is 14.1. The van der Waals surface area contributed by atoms with Crippen LogP contribution in [0.25, 0.3) is 0 Å². The second-order valence-corrected chi connectivity index (χ2v) is 8.55. The van der Waals surface area contributed by atoms with E-state index in [1.54, 1.807) is 18.2 Å². The van der Waals surface area contributed by atoms with E-state index >= 15 is 0 Å². The fourth-order valence-corrected chi connectivity index (χ4v) is 3.83. The van der Waals surface area contributed by atoms with Crippen molar-refractivity contribution in [1.29, 1.82) is 0 Å². The SMILES string of the molecule is Cc1nn(Cc2c(F)c(F)c(F)c(F)c2F)c(C)c1NC(=O)c1ccc(COc2ccccc2Br)o1. The molecule has 1 amide bonds. The largest absolute Gasteiger partial charge is 0.484 e. The Labute approximate surface area is 209 Å². The minimum Gasteiger partial charge on any atom is -0.484 e. The van der Waals surface area contributed by atoms with Crippen molar-refractivity contribution in [2.24, 2.45) is 0 Å². The average molecular weight is 570 g/mol. The summed E-state index contributed by atoms with van der Waals surface area (Å²) < 4.78 is 81.6. The molecule has 0 fully saturated rings. The minimum atomic E-state index is -2.24. The third kappa shape index (κ3) is 4.85. The van der Waals surface area contributed by atoms with E-state index in [-0.39, 0.29) is 29.4 Å². The number of para-hydroxylation sites is 1. The normalized spacial score (nSPS) is 11.1. The second kappa shape index (κ2) is 10.1. The zero-order valence-corrected chi connectivity index (χ0v) is 20.4. The van der Waals surface area contributed by atoms with E-state index < -0.39 is 47.1 Å². The molecule has 12 heteroatoms. The number of carbonyl (C=O) groups excluding carboxylic acids is 1. The molecule has 4 rings (SSSR count). The number of nitrogens with zero attached hydrogens (tertiary/aromatic N) is 2. The number of anilines is 1. The molecule has 0 radical (unpaired) electrons. The van der Waals surface area contributed by atoms with Crippen molar-refractivity contribution in [2.45, 2.75) is 27.0 Å². The topological polar surface area (TPSA) is 69.3 Å². The van der Waals surface area contributed by atoms with E-state index in [0.717, 1.165) is 9.15 Å². The smallest absolute Gasteiger partial charge is 0.291 e. The highest BCUT2D eigenvalue weighted by Crippen LogP contribution is 2.27. The highest BCUT2D eigenvalue weighted by atomic mass is 79.9. The number of benzene rings is 2. The first-order chi connectivity index (χ1) is 17.1. The van der Waals surface area contributed by atoms with Crippen LogP contribution in [0.1, 0.15) is 33.3 Å². The molecule has 2 aromatic carbocycles. The standard InChI is InChI=1S/C24H17BrF5N3O3/c1-11-23(12(2)33(32-11)9-14-18(26)20(28)22(30)21(29)19(14)27)31-24(34)17-8-7-13(36-17)10-35-16-6-4-3-5-15(16)25/h3-8H,9-10H2,1-2H3,(H,31,34). The van der Waals surface area contributed by atoms with Gasteiger partial charge >= 0.3 is 0 Å². The van der Waals surface area contributed by atoms with E-state index in [4.69, 9.17) is 9.15 Å². The Balaban J connectivity index is 1.49. The Morgan fingerprint density at radius 2 is 1.64 bits per heavy atom. The average Bonchev–Trinajstić information content (AvgIpc) is 3.44. The van der Waals surface area contributed by atoms with Crippen molar-refractivity contribution in [3.8, 4) is 5.75 Å². The summed E-state index contributed by atoms with van der Waals surface area (Å²) in [6, 6.07) is 10.2. The number of hydrogen-bond acceptors (Lipinski definition) is 4. The quantitative estimate of drug-likeness (QED) is 0.158. The van der Waals surface area contributed by atoms with Crippen LogP contribution >= 0.6 is 15.9 Å². The minimum absolute atomic E-state index is 0.0351. The molecular formula is C24H17BrF5N3O3. The second-order valence-electron chi connectivity index (χ2n) is 7.69. The van der Waals surface area contributed by atoms with Crippen LogP contribution < -0.4 is 10.1 Å². The van der Waals surface area contributed by atoms with Gasteiger partial charge in [0.2, 0.25) is 5.82 Å². The maximum Gasteiger partial charge on any atom is 0.291 e. The zero-order chi connectivity index (χ0) is 26.1. The maximum atomic E-state index is 14.1. The molecule has 6 nitrogen and oxygen atoms in total. The fraction of sp³-hybridized carbons (Fsp3) is 0.167. The number of carbonyl (C=O) groups is 1. The Bertz CT molecular complexity index is 1440. The molecule has 188 valence electrons. The molecule has 0 spiro atoms. The number of furan rings is 1. The molecule has 2 aromatic heterocycles. The highest BCUT2D eigenvalue weighted by molar-refractivity contribution is 9.10. The lowest BCUT2D eigenvalue weighted by Crippen LogP contribution is -2.14. The predicted molar refractivity (Wildman–Crippen MR) is 122 cm³/mol. The van der Waals surface area contributed by atoms with Gasteiger partial charge in [0.1, 0.15) is 18.1 Å². The number of hydrogen-bond donors (Lipinski definition) is 1. The van der Waals surface area contributed by atoms with Crippen LogP contribution in [0.15, 0.2) is 45.3 Å². The van der Waals surface area contributed by atoms with Crippen LogP contribution in [-0.4, -0.2) is 15.7 Å². The third-order valence-electron chi connectivity index (χ3n) is 5.32. The number of ether oxygens (including phenoxy) is 1. The van der Waals surface area contributed by atoms with Gasteiger partial charge in [-0.05, 0) is 54.0 Å². The molecule has 4 aromatic rings. The molecule has 0 aliphatic carbocycles. The summed E-state index contributed by atoms with van der Waals surface area (Å²) in [6.07, 6.45) is 0. The first kappa shape index (κ1) is 25.4. The van der Waals surface area contributed by atoms with Gasteiger partial charge in [-0.2, -0.15) is 5.10 Å². The molecule has 0 atom stereocenters. The van der Waals surface area contributed by atoms with E-state index in [2.05, 4.69) is 26.3 Å². The number of amides is 1. The number of aryl methyl sites for hydroxylation is 1. The first-order valence-electron chi connectivity index (χ1n) is 10.4. The number of halogens is 6. The van der Waals surface area contributed by atoms with Gasteiger partial charge in [0.15, 0.2) is 29.0 Å². The molecule has 0 saturated carbocycles. The van der Waals surface area contributed by atoms with Gasteiger partial charge in [-0.3, -0.25) is 9.48 Å². The molecule has 0 bridgehead atoms. The van der Waals surface area contributed by atoms with Crippen molar-refractivity contribution in [1.82, 2.24) is 9.78 Å². The lowest BCUT2D eigenvalue weighted by atomic mass is 10.1. The molecule has 0 saturated heterocycles. The van der Waals surface area contributed by atoms with Crippen LogP contribution in [0.2, 0.25) is 0 Å². The van der Waals surface area contributed by atoms with Crippen molar-refractivity contribution in [3.05, 3.63) is 98.4 Å². The van der Waals surface area contributed by atoms with E-state index in [0.29, 0.717) is 11.5 Å². The monoisotopic (exact) mass is 569 g/mol. The summed E-state index contributed by atoms with van der Waals surface area (Å²) in [7, 11) is 0. The molecule has 0 unspecified atom stereocenters. The van der Waals surface area contributed by atoms with Crippen molar-refractivity contribution < 1.29 is 35.9 Å². The lowest BCUT2D eigenvalue weighted by Gasteiger charge is -2.10. The van der Waals surface area contributed by atoms with Crippen molar-refractivity contribution in [2.75, 3.05) is 5.32 Å². The van der Waals surface area contributed by atoms with E-state index in [9.17, 15) is 26.7 Å². The number of aromatic nitrogens is 2. The third-order valence-corrected chi connectivity index (χ3v) is 5.98. The van der Waals surface area contributed by atoms with Crippen LogP contribution in [0, 0.1) is 42.9 Å². The van der Waals surface area contributed by atoms with Gasteiger partial charge in [0.25, 0.3) is 5.91 Å². The Hall–Kier alpha value is -3.67. The van der Waals surface area contributed by atoms with E-state index in [1.165, 1.54) is 19.9 Å². The molecule has 1 N–H and O–H groups in total. The molecule has 36 heavy (non-hydrogen) atoms. The van der Waals surface area contributed by atoms with Crippen molar-refractivity contribution >= 4 is 27.5 Å². The Kier molecular flexibility index (Phi) is 7.16. The van der Waals surface area contributed by atoms with Crippen LogP contribution in [0.3, 0.4) is 0 Å². The Morgan fingerprint density at radius 3 is 2.31 bits per heavy atom. The van der Waals surface area contributed by atoms with E-state index in [1.807, 2.05) is 12.1 Å². The first-order valence-corrected chi connectivity index (χ1v) is 11.2. The summed E-state index contributed by atoms with van der Waals surface area (Å²) in [4.78, 5) is 12.7. The molecule has 0 aliphatic heterocycles. The number of rotatable bonds is 7. The predicted octanol–water partition coefficient (Wildman–Crippen LogP) is 6.43. The van der Waals surface area contributed by atoms with Crippen LogP contribution in [0.5, 0.6) is 5.75 Å². The summed E-state index contributed by atoms with van der Waals surface area (Å²) in [5.41, 5.74) is -0.357.